The SMILES string of the molecule is O=c1oc2ccc(Cl)cc2nc1/C=C(\O)c1ccc(C2CCCCC2)cc1. The number of halogens is 1. The smallest absolute Gasteiger partial charge is 0.362 e. The van der Waals surface area contributed by atoms with Gasteiger partial charge in [0.05, 0.1) is 0 Å². The molecule has 1 aliphatic rings. The van der Waals surface area contributed by atoms with Crippen molar-refractivity contribution in [2.24, 2.45) is 0 Å². The Kier molecular flexibility index (Phi) is 4.99. The zero-order valence-corrected chi connectivity index (χ0v) is 15.6. The highest BCUT2D eigenvalue weighted by atomic mass is 35.5. The van der Waals surface area contributed by atoms with Crippen molar-refractivity contribution in [3.05, 3.63) is 74.7 Å². The van der Waals surface area contributed by atoms with E-state index in [2.05, 4.69) is 17.1 Å². The Morgan fingerprint density at radius 2 is 1.85 bits per heavy atom. The molecule has 0 saturated heterocycles. The van der Waals surface area contributed by atoms with E-state index in [1.165, 1.54) is 43.7 Å². The van der Waals surface area contributed by atoms with Crippen LogP contribution in [0, 0.1) is 0 Å². The first-order valence-electron chi connectivity index (χ1n) is 9.21. The topological polar surface area (TPSA) is 63.3 Å². The van der Waals surface area contributed by atoms with Crippen LogP contribution in [0.1, 0.15) is 54.8 Å². The minimum atomic E-state index is -0.602. The molecule has 0 unspecified atom stereocenters. The molecule has 0 amide bonds. The summed E-state index contributed by atoms with van der Waals surface area (Å²) in [5.41, 5.74) is 2.21. The molecule has 1 saturated carbocycles. The quantitative estimate of drug-likeness (QED) is 0.570. The van der Waals surface area contributed by atoms with Crippen molar-refractivity contribution in [1.29, 1.82) is 0 Å². The average molecular weight is 382 g/mol. The Bertz CT molecular complexity index is 1050. The van der Waals surface area contributed by atoms with Gasteiger partial charge in [0, 0.05) is 16.7 Å². The minimum Gasteiger partial charge on any atom is -0.507 e. The minimum absolute atomic E-state index is 0.0219. The number of aromatic nitrogens is 1. The van der Waals surface area contributed by atoms with Gasteiger partial charge in [-0.1, -0.05) is 55.1 Å². The molecule has 1 heterocycles. The molecular weight excluding hydrogens is 362 g/mol. The highest BCUT2D eigenvalue weighted by Crippen LogP contribution is 2.33. The second-order valence-corrected chi connectivity index (χ2v) is 7.42. The molecular formula is C22H20ClNO3. The van der Waals surface area contributed by atoms with Crippen LogP contribution < -0.4 is 5.63 Å². The van der Waals surface area contributed by atoms with Crippen molar-refractivity contribution in [2.75, 3.05) is 0 Å². The first kappa shape index (κ1) is 17.8. The van der Waals surface area contributed by atoms with E-state index in [0.717, 1.165) is 0 Å². The molecule has 1 N–H and O–H groups in total. The Hall–Kier alpha value is -2.59. The molecule has 4 nitrogen and oxygen atoms in total. The maximum atomic E-state index is 12.1. The van der Waals surface area contributed by atoms with Crippen LogP contribution in [-0.4, -0.2) is 10.1 Å². The highest BCUT2D eigenvalue weighted by molar-refractivity contribution is 6.31. The van der Waals surface area contributed by atoms with E-state index in [-0.39, 0.29) is 11.5 Å². The van der Waals surface area contributed by atoms with Crippen molar-refractivity contribution >= 4 is 34.5 Å². The lowest BCUT2D eigenvalue weighted by Gasteiger charge is -2.22. The highest BCUT2D eigenvalue weighted by Gasteiger charge is 2.15. The lowest BCUT2D eigenvalue weighted by Crippen LogP contribution is -2.06. The summed E-state index contributed by atoms with van der Waals surface area (Å²) in [7, 11) is 0. The number of rotatable bonds is 3. The fraction of sp³-hybridized carbons (Fsp3) is 0.273. The van der Waals surface area contributed by atoms with Gasteiger partial charge in [0.25, 0.3) is 0 Å². The molecule has 0 bridgehead atoms. The van der Waals surface area contributed by atoms with Crippen molar-refractivity contribution in [1.82, 2.24) is 4.98 Å². The van der Waals surface area contributed by atoms with E-state index >= 15 is 0 Å². The van der Waals surface area contributed by atoms with Crippen molar-refractivity contribution in [2.45, 2.75) is 38.0 Å². The molecule has 4 rings (SSSR count). The Balaban J connectivity index is 1.62. The first-order valence-corrected chi connectivity index (χ1v) is 9.59. The largest absolute Gasteiger partial charge is 0.507 e. The van der Waals surface area contributed by atoms with E-state index in [1.807, 2.05) is 12.1 Å². The Morgan fingerprint density at radius 1 is 1.11 bits per heavy atom. The fourth-order valence-electron chi connectivity index (χ4n) is 3.66. The summed E-state index contributed by atoms with van der Waals surface area (Å²) in [5, 5.41) is 10.9. The van der Waals surface area contributed by atoms with Crippen LogP contribution in [0.5, 0.6) is 0 Å². The predicted octanol–water partition coefficient (Wildman–Crippen LogP) is 5.95. The molecule has 3 aromatic rings. The maximum Gasteiger partial charge on any atom is 0.362 e. The van der Waals surface area contributed by atoms with Crippen LogP contribution in [0.25, 0.3) is 22.9 Å². The second-order valence-electron chi connectivity index (χ2n) is 6.99. The summed E-state index contributed by atoms with van der Waals surface area (Å²) >= 11 is 5.97. The number of aliphatic hydroxyl groups excluding tert-OH is 1. The van der Waals surface area contributed by atoms with Crippen LogP contribution in [-0.2, 0) is 0 Å². The third kappa shape index (κ3) is 3.91. The van der Waals surface area contributed by atoms with E-state index in [9.17, 15) is 9.90 Å². The number of aliphatic hydroxyl groups is 1. The van der Waals surface area contributed by atoms with Gasteiger partial charge in [0.15, 0.2) is 11.3 Å². The summed E-state index contributed by atoms with van der Waals surface area (Å²) in [5.74, 6) is 0.587. The standard InChI is InChI=1S/C22H20ClNO3/c23-17-10-11-21-18(12-17)24-19(22(26)27-21)13-20(25)16-8-6-15(7-9-16)14-4-2-1-3-5-14/h6-14,25H,1-5H2/b20-13-. The normalized spacial score (nSPS) is 16.0. The number of hydrogen-bond donors (Lipinski definition) is 1. The average Bonchev–Trinajstić information content (AvgIpc) is 2.69. The van der Waals surface area contributed by atoms with Gasteiger partial charge < -0.3 is 9.52 Å². The molecule has 0 radical (unpaired) electrons. The second kappa shape index (κ2) is 7.57. The predicted molar refractivity (Wildman–Crippen MR) is 108 cm³/mol. The van der Waals surface area contributed by atoms with Crippen LogP contribution in [0.4, 0.5) is 0 Å². The number of benzene rings is 2. The van der Waals surface area contributed by atoms with E-state index in [4.69, 9.17) is 16.0 Å². The molecule has 0 aliphatic heterocycles. The fourth-order valence-corrected chi connectivity index (χ4v) is 3.82. The molecule has 27 heavy (non-hydrogen) atoms. The summed E-state index contributed by atoms with van der Waals surface area (Å²) in [4.78, 5) is 16.4. The van der Waals surface area contributed by atoms with Crippen LogP contribution >= 0.6 is 11.6 Å². The van der Waals surface area contributed by atoms with Gasteiger partial charge in [0.2, 0.25) is 0 Å². The number of fused-ring (bicyclic) bond motifs is 1. The third-order valence-electron chi connectivity index (χ3n) is 5.13. The van der Waals surface area contributed by atoms with Gasteiger partial charge in [-0.25, -0.2) is 9.78 Å². The van der Waals surface area contributed by atoms with Gasteiger partial charge in [0.1, 0.15) is 11.3 Å². The molecule has 5 heteroatoms. The molecule has 1 aliphatic carbocycles. The van der Waals surface area contributed by atoms with Gasteiger partial charge in [-0.15, -0.1) is 0 Å². The monoisotopic (exact) mass is 381 g/mol. The first-order chi connectivity index (χ1) is 13.1. The summed E-state index contributed by atoms with van der Waals surface area (Å²) in [6.07, 6.45) is 7.68. The van der Waals surface area contributed by atoms with Crippen molar-refractivity contribution in [3.8, 4) is 0 Å². The van der Waals surface area contributed by atoms with Gasteiger partial charge in [-0.3, -0.25) is 0 Å². The number of nitrogens with zero attached hydrogens (tertiary/aromatic N) is 1. The van der Waals surface area contributed by atoms with E-state index in [0.29, 0.717) is 27.6 Å². The van der Waals surface area contributed by atoms with Crippen LogP contribution in [0.3, 0.4) is 0 Å². The molecule has 1 aromatic heterocycles. The van der Waals surface area contributed by atoms with Gasteiger partial charge in [-0.2, -0.15) is 0 Å². The third-order valence-corrected chi connectivity index (χ3v) is 5.37. The lowest BCUT2D eigenvalue weighted by molar-refractivity contribution is 0.443. The maximum absolute atomic E-state index is 12.1. The van der Waals surface area contributed by atoms with Crippen LogP contribution in [0.2, 0.25) is 5.02 Å². The Labute approximate surface area is 162 Å². The zero-order valence-electron chi connectivity index (χ0n) is 14.8. The number of hydrogen-bond acceptors (Lipinski definition) is 4. The molecule has 1 fully saturated rings. The summed E-state index contributed by atoms with van der Waals surface area (Å²) < 4.78 is 5.25. The van der Waals surface area contributed by atoms with E-state index in [1.54, 1.807) is 18.2 Å². The van der Waals surface area contributed by atoms with Gasteiger partial charge in [-0.05, 0) is 42.5 Å². The lowest BCUT2D eigenvalue weighted by atomic mass is 9.84. The summed E-state index contributed by atoms with van der Waals surface area (Å²) in [6.45, 7) is 0. The summed E-state index contributed by atoms with van der Waals surface area (Å²) in [6, 6.07) is 12.7. The zero-order chi connectivity index (χ0) is 18.8. The van der Waals surface area contributed by atoms with Crippen molar-refractivity contribution < 1.29 is 9.52 Å². The molecule has 0 spiro atoms. The van der Waals surface area contributed by atoms with E-state index < -0.39 is 5.63 Å². The Morgan fingerprint density at radius 3 is 2.59 bits per heavy atom. The molecule has 0 atom stereocenters. The molecule has 2 aromatic carbocycles. The van der Waals surface area contributed by atoms with Crippen LogP contribution in [0.15, 0.2) is 51.7 Å². The van der Waals surface area contributed by atoms with Crippen molar-refractivity contribution in [3.63, 3.8) is 0 Å². The molecule has 138 valence electrons. The van der Waals surface area contributed by atoms with Gasteiger partial charge >= 0.3 is 5.63 Å².